The van der Waals surface area contributed by atoms with Crippen molar-refractivity contribution in [1.82, 2.24) is 0 Å². The van der Waals surface area contributed by atoms with Crippen molar-refractivity contribution in [3.05, 3.63) is 79.9 Å². The SMILES string of the molecule is CC(C)=CCc1c(C)cc(O)c2c1[C@@H](O)c1c(CC=C(C)C)c3c(c(O)c1C2=O)C=CC(C)(C)O3. The summed E-state index contributed by atoms with van der Waals surface area (Å²) < 4.78 is 6.30. The summed E-state index contributed by atoms with van der Waals surface area (Å²) in [6.07, 6.45) is 7.40. The summed E-state index contributed by atoms with van der Waals surface area (Å²) >= 11 is 0. The lowest BCUT2D eigenvalue weighted by molar-refractivity contribution is 0.101. The number of aromatic hydroxyl groups is 2. The molecule has 0 unspecified atom stereocenters. The van der Waals surface area contributed by atoms with E-state index in [0.29, 0.717) is 40.8 Å². The van der Waals surface area contributed by atoms with E-state index in [1.165, 1.54) is 0 Å². The van der Waals surface area contributed by atoms with Crippen LogP contribution < -0.4 is 4.74 Å². The van der Waals surface area contributed by atoms with Gasteiger partial charge in [-0.1, -0.05) is 23.3 Å². The minimum atomic E-state index is -1.21. The van der Waals surface area contributed by atoms with Gasteiger partial charge in [-0.05, 0) is 90.7 Å². The van der Waals surface area contributed by atoms with Crippen molar-refractivity contribution in [1.29, 1.82) is 0 Å². The lowest BCUT2D eigenvalue weighted by atomic mass is 9.74. The molecule has 1 atom stereocenters. The average Bonchev–Trinajstić information content (AvgIpc) is 2.74. The normalized spacial score (nSPS) is 17.1. The molecule has 0 aromatic heterocycles. The molecule has 5 nitrogen and oxygen atoms in total. The summed E-state index contributed by atoms with van der Waals surface area (Å²) in [6, 6.07) is 1.56. The molecule has 0 bridgehead atoms. The second-order valence-corrected chi connectivity index (χ2v) is 10.6. The molecule has 5 heteroatoms. The third-order valence-corrected chi connectivity index (χ3v) is 6.73. The van der Waals surface area contributed by atoms with Gasteiger partial charge in [0, 0.05) is 16.7 Å². The summed E-state index contributed by atoms with van der Waals surface area (Å²) in [5, 5.41) is 33.9. The summed E-state index contributed by atoms with van der Waals surface area (Å²) in [4.78, 5) is 13.9. The van der Waals surface area contributed by atoms with Crippen molar-refractivity contribution in [3.63, 3.8) is 0 Å². The lowest BCUT2D eigenvalue weighted by Crippen LogP contribution is -2.30. The molecule has 0 radical (unpaired) electrons. The van der Waals surface area contributed by atoms with E-state index in [0.717, 1.165) is 22.3 Å². The van der Waals surface area contributed by atoms with Gasteiger partial charge in [-0.2, -0.15) is 0 Å². The number of allylic oxidation sites excluding steroid dienone is 4. The number of ether oxygens (including phenoxy) is 1. The first kappa shape index (κ1) is 24.8. The number of phenolic OH excluding ortho intramolecular Hbond substituents is 2. The molecule has 1 aliphatic heterocycles. The summed E-state index contributed by atoms with van der Waals surface area (Å²) in [5.74, 6) is -0.440. The first-order valence-corrected chi connectivity index (χ1v) is 12.0. The van der Waals surface area contributed by atoms with Crippen LogP contribution in [0.5, 0.6) is 17.2 Å². The van der Waals surface area contributed by atoms with Crippen LogP contribution in [-0.2, 0) is 12.8 Å². The van der Waals surface area contributed by atoms with E-state index in [2.05, 4.69) is 0 Å². The highest BCUT2D eigenvalue weighted by molar-refractivity contribution is 6.17. The minimum absolute atomic E-state index is 0.0289. The molecule has 0 amide bonds. The molecule has 1 heterocycles. The van der Waals surface area contributed by atoms with Crippen molar-refractivity contribution in [2.75, 3.05) is 0 Å². The number of rotatable bonds is 4. The number of carbonyl (C=O) groups is 1. The van der Waals surface area contributed by atoms with Crippen LogP contribution in [0.15, 0.2) is 35.4 Å². The van der Waals surface area contributed by atoms with Crippen LogP contribution in [0.25, 0.3) is 6.08 Å². The van der Waals surface area contributed by atoms with Gasteiger partial charge in [0.1, 0.15) is 29.0 Å². The van der Waals surface area contributed by atoms with Crippen LogP contribution in [0.1, 0.15) is 96.9 Å². The smallest absolute Gasteiger partial charge is 0.201 e. The number of hydrogen-bond donors (Lipinski definition) is 3. The van der Waals surface area contributed by atoms with Crippen LogP contribution in [0, 0.1) is 6.92 Å². The van der Waals surface area contributed by atoms with E-state index in [-0.39, 0.29) is 22.6 Å². The molecule has 3 N–H and O–H groups in total. The van der Waals surface area contributed by atoms with Crippen molar-refractivity contribution in [2.24, 2.45) is 0 Å². The van der Waals surface area contributed by atoms with E-state index in [4.69, 9.17) is 4.74 Å². The molecular formula is C30H34O5. The number of fused-ring (bicyclic) bond motifs is 3. The fourth-order valence-corrected chi connectivity index (χ4v) is 4.95. The Kier molecular flexibility index (Phi) is 6.18. The summed E-state index contributed by atoms with van der Waals surface area (Å²) in [5.41, 5.74) is 5.11. The van der Waals surface area contributed by atoms with Crippen molar-refractivity contribution < 1.29 is 24.9 Å². The number of ketones is 1. The van der Waals surface area contributed by atoms with Crippen LogP contribution in [0.4, 0.5) is 0 Å². The minimum Gasteiger partial charge on any atom is -0.507 e. The number of aliphatic hydroxyl groups excluding tert-OH is 1. The van der Waals surface area contributed by atoms with Gasteiger partial charge in [0.25, 0.3) is 0 Å². The van der Waals surface area contributed by atoms with Gasteiger partial charge < -0.3 is 20.1 Å². The average molecular weight is 475 g/mol. The highest BCUT2D eigenvalue weighted by Crippen LogP contribution is 2.52. The predicted molar refractivity (Wildman–Crippen MR) is 138 cm³/mol. The molecule has 0 spiro atoms. The Morgan fingerprint density at radius 3 is 2.17 bits per heavy atom. The van der Waals surface area contributed by atoms with Gasteiger partial charge in [-0.3, -0.25) is 4.79 Å². The molecule has 2 aromatic rings. The Hall–Kier alpha value is -3.31. The second kappa shape index (κ2) is 8.72. The van der Waals surface area contributed by atoms with Crippen LogP contribution in [-0.4, -0.2) is 26.7 Å². The number of aliphatic hydroxyl groups is 1. The monoisotopic (exact) mass is 474 g/mol. The standard InChI is InChI=1S/C30H34O5/c1-15(2)8-10-18-17(5)14-21(31)24-22(18)27(33)23-19(11-9-16(3)4)29-20(12-13-30(6,7)35-29)26(32)25(23)28(24)34/h8-9,12-14,27,31-33H,10-11H2,1-7H3/t27-/m1/s1. The van der Waals surface area contributed by atoms with Crippen molar-refractivity contribution >= 4 is 11.9 Å². The second-order valence-electron chi connectivity index (χ2n) is 10.6. The molecule has 184 valence electrons. The summed E-state index contributed by atoms with van der Waals surface area (Å²) in [6.45, 7) is 13.7. The maximum Gasteiger partial charge on any atom is 0.201 e. The molecule has 2 aromatic carbocycles. The Morgan fingerprint density at radius 2 is 1.57 bits per heavy atom. The first-order valence-electron chi connectivity index (χ1n) is 12.0. The molecule has 2 aliphatic rings. The highest BCUT2D eigenvalue weighted by Gasteiger charge is 2.41. The van der Waals surface area contributed by atoms with Gasteiger partial charge in [0.15, 0.2) is 0 Å². The zero-order valence-electron chi connectivity index (χ0n) is 21.5. The van der Waals surface area contributed by atoms with Gasteiger partial charge in [0.2, 0.25) is 5.78 Å². The zero-order valence-corrected chi connectivity index (χ0v) is 21.5. The first-order chi connectivity index (χ1) is 16.3. The maximum absolute atomic E-state index is 13.9. The zero-order chi connectivity index (χ0) is 25.8. The molecule has 0 saturated carbocycles. The van der Waals surface area contributed by atoms with E-state index in [9.17, 15) is 20.1 Å². The molecule has 0 saturated heterocycles. The van der Waals surface area contributed by atoms with Gasteiger partial charge in [0.05, 0.1) is 16.7 Å². The molecule has 1 aliphatic carbocycles. The number of hydrogen-bond acceptors (Lipinski definition) is 5. The Labute approximate surface area is 207 Å². The lowest BCUT2D eigenvalue weighted by Gasteiger charge is -2.35. The van der Waals surface area contributed by atoms with Crippen LogP contribution >= 0.6 is 0 Å². The van der Waals surface area contributed by atoms with E-state index in [1.807, 2.05) is 66.7 Å². The van der Waals surface area contributed by atoms with Crippen LogP contribution in [0.2, 0.25) is 0 Å². The fourth-order valence-electron chi connectivity index (χ4n) is 4.95. The summed E-state index contributed by atoms with van der Waals surface area (Å²) in [7, 11) is 0. The van der Waals surface area contributed by atoms with Crippen LogP contribution in [0.3, 0.4) is 0 Å². The van der Waals surface area contributed by atoms with Crippen molar-refractivity contribution in [3.8, 4) is 17.2 Å². The number of carbonyl (C=O) groups excluding carboxylic acids is 1. The Morgan fingerprint density at radius 1 is 1.00 bits per heavy atom. The molecule has 4 rings (SSSR count). The highest BCUT2D eigenvalue weighted by atomic mass is 16.5. The maximum atomic E-state index is 13.9. The quantitative estimate of drug-likeness (QED) is 0.457. The molecule has 35 heavy (non-hydrogen) atoms. The van der Waals surface area contributed by atoms with Crippen molar-refractivity contribution in [2.45, 2.75) is 73.0 Å². The number of phenols is 2. The predicted octanol–water partition coefficient (Wildman–Crippen LogP) is 6.23. The van der Waals surface area contributed by atoms with Gasteiger partial charge in [-0.15, -0.1) is 0 Å². The molecular weight excluding hydrogens is 440 g/mol. The third kappa shape index (κ3) is 4.19. The number of benzene rings is 2. The third-order valence-electron chi connectivity index (χ3n) is 6.73. The fraction of sp³-hybridized carbons (Fsp3) is 0.367. The molecule has 0 fully saturated rings. The topological polar surface area (TPSA) is 87.0 Å². The van der Waals surface area contributed by atoms with E-state index >= 15 is 0 Å². The Bertz CT molecular complexity index is 1330. The van der Waals surface area contributed by atoms with Gasteiger partial charge >= 0.3 is 0 Å². The van der Waals surface area contributed by atoms with Gasteiger partial charge in [-0.25, -0.2) is 0 Å². The van der Waals surface area contributed by atoms with E-state index < -0.39 is 17.5 Å². The van der Waals surface area contributed by atoms with E-state index in [1.54, 1.807) is 12.1 Å². The number of aryl methyl sites for hydroxylation is 1. The largest absolute Gasteiger partial charge is 0.507 e. The Balaban J connectivity index is 2.09.